The lowest BCUT2D eigenvalue weighted by atomic mass is 10.2. The summed E-state index contributed by atoms with van der Waals surface area (Å²) in [5, 5.41) is 0.950. The second-order valence-electron chi connectivity index (χ2n) is 2.21. The predicted molar refractivity (Wildman–Crippen MR) is 55.5 cm³/mol. The maximum absolute atomic E-state index is 3.43. The highest BCUT2D eigenvalue weighted by molar-refractivity contribution is 9.08. The van der Waals surface area contributed by atoms with Gasteiger partial charge in [0.1, 0.15) is 0 Å². The SMILES string of the molecule is CCSc1cccc(CBr)c1. The van der Waals surface area contributed by atoms with Crippen molar-refractivity contribution in [2.45, 2.75) is 17.1 Å². The van der Waals surface area contributed by atoms with Gasteiger partial charge in [0, 0.05) is 10.2 Å². The van der Waals surface area contributed by atoms with Crippen LogP contribution in [0.15, 0.2) is 29.2 Å². The number of hydrogen-bond acceptors (Lipinski definition) is 1. The molecular weight excluding hydrogens is 220 g/mol. The van der Waals surface area contributed by atoms with Crippen molar-refractivity contribution in [1.29, 1.82) is 0 Å². The lowest BCUT2D eigenvalue weighted by Gasteiger charge is -1.99. The van der Waals surface area contributed by atoms with Crippen molar-refractivity contribution in [3.63, 3.8) is 0 Å². The standard InChI is InChI=1S/C9H11BrS/c1-2-11-9-5-3-4-8(6-9)7-10/h3-6H,2,7H2,1H3. The first-order valence-electron chi connectivity index (χ1n) is 3.64. The maximum atomic E-state index is 3.43. The van der Waals surface area contributed by atoms with E-state index in [1.165, 1.54) is 10.5 Å². The Kier molecular flexibility index (Phi) is 4.02. The predicted octanol–water partition coefficient (Wildman–Crippen LogP) is 3.69. The zero-order valence-corrected chi connectivity index (χ0v) is 8.91. The Morgan fingerprint density at radius 2 is 2.27 bits per heavy atom. The van der Waals surface area contributed by atoms with Gasteiger partial charge in [0.15, 0.2) is 0 Å². The first-order valence-corrected chi connectivity index (χ1v) is 5.75. The molecule has 0 atom stereocenters. The molecule has 0 N–H and O–H groups in total. The minimum absolute atomic E-state index is 0.950. The third-order valence-electron chi connectivity index (χ3n) is 1.36. The van der Waals surface area contributed by atoms with Crippen LogP contribution in [0, 0.1) is 0 Å². The van der Waals surface area contributed by atoms with E-state index in [4.69, 9.17) is 0 Å². The number of alkyl halides is 1. The summed E-state index contributed by atoms with van der Waals surface area (Å²) < 4.78 is 0. The lowest BCUT2D eigenvalue weighted by molar-refractivity contribution is 1.34. The average Bonchev–Trinajstić information content (AvgIpc) is 2.06. The molecule has 0 unspecified atom stereocenters. The molecule has 2 heteroatoms. The van der Waals surface area contributed by atoms with Crippen LogP contribution in [0.4, 0.5) is 0 Å². The van der Waals surface area contributed by atoms with E-state index < -0.39 is 0 Å². The summed E-state index contributed by atoms with van der Waals surface area (Å²) in [6, 6.07) is 8.62. The van der Waals surface area contributed by atoms with Crippen LogP contribution in [0.1, 0.15) is 12.5 Å². The summed E-state index contributed by atoms with van der Waals surface area (Å²) in [6.07, 6.45) is 0. The van der Waals surface area contributed by atoms with Gasteiger partial charge in [0.2, 0.25) is 0 Å². The first-order chi connectivity index (χ1) is 5.36. The van der Waals surface area contributed by atoms with Crippen molar-refractivity contribution in [2.75, 3.05) is 5.75 Å². The summed E-state index contributed by atoms with van der Waals surface area (Å²) in [5.74, 6) is 1.14. The van der Waals surface area contributed by atoms with Crippen LogP contribution >= 0.6 is 27.7 Å². The number of hydrogen-bond donors (Lipinski definition) is 0. The highest BCUT2D eigenvalue weighted by Gasteiger charge is 1.92. The van der Waals surface area contributed by atoms with Crippen molar-refractivity contribution in [3.05, 3.63) is 29.8 Å². The van der Waals surface area contributed by atoms with Crippen LogP contribution in [0.5, 0.6) is 0 Å². The van der Waals surface area contributed by atoms with E-state index in [0.29, 0.717) is 0 Å². The van der Waals surface area contributed by atoms with Crippen LogP contribution in [0.2, 0.25) is 0 Å². The topological polar surface area (TPSA) is 0 Å². The molecule has 0 amide bonds. The third kappa shape index (κ3) is 2.88. The zero-order chi connectivity index (χ0) is 8.10. The maximum Gasteiger partial charge on any atom is 0.0283 e. The third-order valence-corrected chi connectivity index (χ3v) is 2.89. The van der Waals surface area contributed by atoms with Gasteiger partial charge < -0.3 is 0 Å². The molecule has 0 fully saturated rings. The van der Waals surface area contributed by atoms with Gasteiger partial charge in [-0.3, -0.25) is 0 Å². The minimum Gasteiger partial charge on any atom is -0.126 e. The Morgan fingerprint density at radius 3 is 2.91 bits per heavy atom. The second-order valence-corrected chi connectivity index (χ2v) is 4.11. The average molecular weight is 231 g/mol. The Labute approximate surface area is 80.5 Å². The molecule has 0 spiro atoms. The number of halogens is 1. The molecule has 0 aliphatic heterocycles. The quantitative estimate of drug-likeness (QED) is 0.564. The van der Waals surface area contributed by atoms with Gasteiger partial charge in [-0.25, -0.2) is 0 Å². The van der Waals surface area contributed by atoms with E-state index in [9.17, 15) is 0 Å². The Morgan fingerprint density at radius 1 is 1.45 bits per heavy atom. The van der Waals surface area contributed by atoms with Crippen LogP contribution in [-0.4, -0.2) is 5.75 Å². The summed E-state index contributed by atoms with van der Waals surface area (Å²) in [4.78, 5) is 1.37. The number of benzene rings is 1. The van der Waals surface area contributed by atoms with Crippen LogP contribution in [0.3, 0.4) is 0 Å². The van der Waals surface area contributed by atoms with Gasteiger partial charge >= 0.3 is 0 Å². The molecule has 0 radical (unpaired) electrons. The fraction of sp³-hybridized carbons (Fsp3) is 0.333. The fourth-order valence-electron chi connectivity index (χ4n) is 0.885. The van der Waals surface area contributed by atoms with Crippen LogP contribution < -0.4 is 0 Å². The van der Waals surface area contributed by atoms with E-state index in [1.807, 2.05) is 11.8 Å². The largest absolute Gasteiger partial charge is 0.126 e. The highest BCUT2D eigenvalue weighted by Crippen LogP contribution is 2.19. The van der Waals surface area contributed by atoms with E-state index in [0.717, 1.165) is 11.1 Å². The molecule has 1 rings (SSSR count). The summed E-state index contributed by atoms with van der Waals surface area (Å²) in [5.41, 5.74) is 1.35. The number of thioether (sulfide) groups is 1. The Balaban J connectivity index is 2.74. The molecule has 0 saturated carbocycles. The van der Waals surface area contributed by atoms with Gasteiger partial charge in [-0.15, -0.1) is 11.8 Å². The molecule has 0 nitrogen and oxygen atoms in total. The second kappa shape index (κ2) is 4.83. The first kappa shape index (κ1) is 9.14. The van der Waals surface area contributed by atoms with Crippen LogP contribution in [0.25, 0.3) is 0 Å². The molecule has 1 aromatic rings. The molecule has 0 bridgehead atoms. The molecule has 11 heavy (non-hydrogen) atoms. The van der Waals surface area contributed by atoms with E-state index in [-0.39, 0.29) is 0 Å². The van der Waals surface area contributed by atoms with Crippen molar-refractivity contribution in [3.8, 4) is 0 Å². The zero-order valence-electron chi connectivity index (χ0n) is 6.51. The fourth-order valence-corrected chi connectivity index (χ4v) is 1.98. The van der Waals surface area contributed by atoms with Crippen LogP contribution in [-0.2, 0) is 5.33 Å². The molecule has 60 valence electrons. The summed E-state index contributed by atoms with van der Waals surface area (Å²) in [7, 11) is 0. The van der Waals surface area contributed by atoms with E-state index in [1.54, 1.807) is 0 Å². The molecule has 0 saturated heterocycles. The lowest BCUT2D eigenvalue weighted by Crippen LogP contribution is -1.78. The monoisotopic (exact) mass is 230 g/mol. The normalized spacial score (nSPS) is 10.0. The molecule has 0 aromatic heterocycles. The molecule has 0 aliphatic carbocycles. The van der Waals surface area contributed by atoms with Gasteiger partial charge in [-0.2, -0.15) is 0 Å². The van der Waals surface area contributed by atoms with Gasteiger partial charge in [-0.05, 0) is 23.4 Å². The molecule has 1 aromatic carbocycles. The van der Waals surface area contributed by atoms with Crippen molar-refractivity contribution in [2.24, 2.45) is 0 Å². The molecule has 0 heterocycles. The van der Waals surface area contributed by atoms with Gasteiger partial charge in [0.25, 0.3) is 0 Å². The van der Waals surface area contributed by atoms with Crippen molar-refractivity contribution >= 4 is 27.7 Å². The van der Waals surface area contributed by atoms with Crippen molar-refractivity contribution < 1.29 is 0 Å². The van der Waals surface area contributed by atoms with E-state index in [2.05, 4.69) is 47.1 Å². The Hall–Kier alpha value is 0.0500. The molecule has 0 aliphatic rings. The molecular formula is C9H11BrS. The summed E-state index contributed by atoms with van der Waals surface area (Å²) in [6.45, 7) is 2.17. The highest BCUT2D eigenvalue weighted by atomic mass is 79.9. The van der Waals surface area contributed by atoms with Gasteiger partial charge in [0.05, 0.1) is 0 Å². The van der Waals surface area contributed by atoms with Gasteiger partial charge in [-0.1, -0.05) is 35.0 Å². The summed E-state index contributed by atoms with van der Waals surface area (Å²) >= 11 is 5.32. The Bertz CT molecular complexity index is 223. The minimum atomic E-state index is 0.950. The van der Waals surface area contributed by atoms with Crippen molar-refractivity contribution in [1.82, 2.24) is 0 Å². The number of rotatable bonds is 3. The van der Waals surface area contributed by atoms with E-state index >= 15 is 0 Å². The smallest absolute Gasteiger partial charge is 0.0283 e.